The summed E-state index contributed by atoms with van der Waals surface area (Å²) in [5.74, 6) is -1.37. The molecule has 8 heteroatoms. The summed E-state index contributed by atoms with van der Waals surface area (Å²) in [4.78, 5) is 40.6. The summed E-state index contributed by atoms with van der Waals surface area (Å²) in [6.07, 6.45) is 1.39. The molecule has 4 rings (SSSR count). The van der Waals surface area contributed by atoms with Gasteiger partial charge in [0.2, 0.25) is 17.7 Å². The Morgan fingerprint density at radius 1 is 1.17 bits per heavy atom. The number of nitrogens with zero attached hydrogens (tertiary/aromatic N) is 1. The van der Waals surface area contributed by atoms with Crippen LogP contribution in [-0.2, 0) is 20.9 Å². The second-order valence-corrected chi connectivity index (χ2v) is 8.60. The molecular weight excluding hydrogens is 405 g/mol. The SMILES string of the molecule is O=C(NCc1ccc(F)cc1)[C@H]1CCCN(C(=O)[C@@H]2Sc3ccccc3NC2=O)C1. The van der Waals surface area contributed by atoms with Gasteiger partial charge in [0.1, 0.15) is 5.82 Å². The molecule has 2 aliphatic heterocycles. The number of thioether (sulfide) groups is 1. The van der Waals surface area contributed by atoms with Gasteiger partial charge in [-0.15, -0.1) is 11.8 Å². The molecule has 2 aliphatic rings. The Morgan fingerprint density at radius 2 is 1.93 bits per heavy atom. The van der Waals surface area contributed by atoms with Gasteiger partial charge < -0.3 is 15.5 Å². The number of hydrogen-bond donors (Lipinski definition) is 2. The number of nitrogens with one attached hydrogen (secondary N) is 2. The first-order valence-corrected chi connectivity index (χ1v) is 10.8. The van der Waals surface area contributed by atoms with Crippen LogP contribution in [0.1, 0.15) is 18.4 Å². The molecule has 0 aromatic heterocycles. The zero-order chi connectivity index (χ0) is 21.1. The Bertz CT molecular complexity index is 966. The van der Waals surface area contributed by atoms with E-state index in [1.54, 1.807) is 17.0 Å². The van der Waals surface area contributed by atoms with Crippen LogP contribution in [0.4, 0.5) is 10.1 Å². The highest BCUT2D eigenvalue weighted by Gasteiger charge is 2.38. The Balaban J connectivity index is 1.36. The zero-order valence-corrected chi connectivity index (χ0v) is 17.1. The van der Waals surface area contributed by atoms with Crippen molar-refractivity contribution in [3.05, 3.63) is 59.9 Å². The fourth-order valence-electron chi connectivity index (χ4n) is 3.71. The third-order valence-corrected chi connectivity index (χ3v) is 6.60. The number of carbonyl (C=O) groups excluding carboxylic acids is 3. The molecule has 1 saturated heterocycles. The number of anilines is 1. The molecule has 156 valence electrons. The van der Waals surface area contributed by atoms with E-state index >= 15 is 0 Å². The summed E-state index contributed by atoms with van der Waals surface area (Å²) >= 11 is 1.25. The minimum Gasteiger partial charge on any atom is -0.352 e. The third-order valence-electron chi connectivity index (χ3n) is 5.34. The molecule has 3 amide bonds. The lowest BCUT2D eigenvalue weighted by Crippen LogP contribution is -2.50. The molecule has 0 unspecified atom stereocenters. The molecule has 2 heterocycles. The van der Waals surface area contributed by atoms with Gasteiger partial charge in [-0.2, -0.15) is 0 Å². The average molecular weight is 428 g/mol. The quantitative estimate of drug-likeness (QED) is 0.736. The normalized spacial score (nSPS) is 20.8. The number of piperidine rings is 1. The minimum atomic E-state index is -0.846. The minimum absolute atomic E-state index is 0.136. The number of likely N-dealkylation sites (tertiary alicyclic amines) is 1. The Hall–Kier alpha value is -2.87. The molecule has 2 aromatic carbocycles. The van der Waals surface area contributed by atoms with Crippen LogP contribution >= 0.6 is 11.8 Å². The molecule has 0 bridgehead atoms. The van der Waals surface area contributed by atoms with Crippen molar-refractivity contribution < 1.29 is 18.8 Å². The fourth-order valence-corrected chi connectivity index (χ4v) is 4.78. The van der Waals surface area contributed by atoms with Gasteiger partial charge in [0.05, 0.1) is 11.6 Å². The summed E-state index contributed by atoms with van der Waals surface area (Å²) in [7, 11) is 0. The van der Waals surface area contributed by atoms with E-state index in [2.05, 4.69) is 10.6 Å². The highest BCUT2D eigenvalue weighted by Crippen LogP contribution is 2.36. The summed E-state index contributed by atoms with van der Waals surface area (Å²) in [6, 6.07) is 13.4. The van der Waals surface area contributed by atoms with Crippen LogP contribution in [0.5, 0.6) is 0 Å². The first-order valence-electron chi connectivity index (χ1n) is 9.89. The molecule has 2 atom stereocenters. The van der Waals surface area contributed by atoms with Crippen LogP contribution in [0.3, 0.4) is 0 Å². The molecule has 6 nitrogen and oxygen atoms in total. The highest BCUT2D eigenvalue weighted by atomic mass is 32.2. The Morgan fingerprint density at radius 3 is 2.73 bits per heavy atom. The zero-order valence-electron chi connectivity index (χ0n) is 16.3. The van der Waals surface area contributed by atoms with Crippen molar-refractivity contribution in [2.45, 2.75) is 29.5 Å². The Kier molecular flexibility index (Phi) is 6.03. The number of benzene rings is 2. The number of amides is 3. The van der Waals surface area contributed by atoms with Crippen LogP contribution in [-0.4, -0.2) is 41.0 Å². The van der Waals surface area contributed by atoms with Gasteiger partial charge in [-0.25, -0.2) is 4.39 Å². The monoisotopic (exact) mass is 427 g/mol. The van der Waals surface area contributed by atoms with Crippen molar-refractivity contribution in [1.29, 1.82) is 0 Å². The van der Waals surface area contributed by atoms with E-state index < -0.39 is 5.25 Å². The summed E-state index contributed by atoms with van der Waals surface area (Å²) in [6.45, 7) is 1.13. The van der Waals surface area contributed by atoms with E-state index in [4.69, 9.17) is 0 Å². The molecular formula is C22H22FN3O3S. The predicted octanol–water partition coefficient (Wildman–Crippen LogP) is 2.79. The van der Waals surface area contributed by atoms with E-state index in [-0.39, 0.29) is 29.5 Å². The highest BCUT2D eigenvalue weighted by molar-refractivity contribution is 8.01. The van der Waals surface area contributed by atoms with Gasteiger partial charge in [-0.3, -0.25) is 14.4 Å². The maximum absolute atomic E-state index is 13.0. The number of halogens is 1. The standard InChI is InChI=1S/C22H22FN3O3S/c23-16-9-7-14(8-10-16)12-24-20(27)15-4-3-11-26(13-15)22(29)19-21(28)25-17-5-1-2-6-18(17)30-19/h1-2,5-10,15,19H,3-4,11-13H2,(H,24,27)(H,25,28)/t15-,19+/m0/s1. The average Bonchev–Trinajstić information content (AvgIpc) is 2.77. The van der Waals surface area contributed by atoms with Crippen LogP contribution in [0.15, 0.2) is 53.4 Å². The van der Waals surface area contributed by atoms with Crippen molar-refractivity contribution in [3.8, 4) is 0 Å². The molecule has 0 spiro atoms. The van der Waals surface area contributed by atoms with E-state index in [9.17, 15) is 18.8 Å². The number of para-hydroxylation sites is 1. The largest absolute Gasteiger partial charge is 0.352 e. The van der Waals surface area contributed by atoms with Crippen molar-refractivity contribution in [1.82, 2.24) is 10.2 Å². The lowest BCUT2D eigenvalue weighted by atomic mass is 9.96. The third kappa shape index (κ3) is 4.48. The number of hydrogen-bond acceptors (Lipinski definition) is 4. The lowest BCUT2D eigenvalue weighted by Gasteiger charge is -2.35. The van der Waals surface area contributed by atoms with Crippen molar-refractivity contribution in [2.75, 3.05) is 18.4 Å². The van der Waals surface area contributed by atoms with Crippen LogP contribution in [0, 0.1) is 11.7 Å². The van der Waals surface area contributed by atoms with E-state index in [1.807, 2.05) is 24.3 Å². The lowest BCUT2D eigenvalue weighted by molar-refractivity contribution is -0.137. The van der Waals surface area contributed by atoms with Gasteiger partial charge in [-0.1, -0.05) is 24.3 Å². The molecule has 0 saturated carbocycles. The summed E-state index contributed by atoms with van der Waals surface area (Å²) < 4.78 is 13.0. The topological polar surface area (TPSA) is 78.5 Å². The fraction of sp³-hybridized carbons (Fsp3) is 0.318. The van der Waals surface area contributed by atoms with E-state index in [0.717, 1.165) is 10.5 Å². The number of rotatable bonds is 4. The van der Waals surface area contributed by atoms with Gasteiger partial charge in [0, 0.05) is 24.5 Å². The molecule has 0 aliphatic carbocycles. The molecule has 30 heavy (non-hydrogen) atoms. The van der Waals surface area contributed by atoms with E-state index in [0.29, 0.717) is 38.2 Å². The van der Waals surface area contributed by atoms with Gasteiger partial charge >= 0.3 is 0 Å². The molecule has 1 fully saturated rings. The second kappa shape index (κ2) is 8.87. The number of fused-ring (bicyclic) bond motifs is 1. The van der Waals surface area contributed by atoms with Crippen LogP contribution < -0.4 is 10.6 Å². The summed E-state index contributed by atoms with van der Waals surface area (Å²) in [5, 5.41) is 4.81. The molecule has 2 N–H and O–H groups in total. The second-order valence-electron chi connectivity index (χ2n) is 7.45. The van der Waals surface area contributed by atoms with Crippen molar-refractivity contribution in [2.24, 2.45) is 5.92 Å². The molecule has 0 radical (unpaired) electrons. The molecule has 2 aromatic rings. The number of carbonyl (C=O) groups is 3. The Labute approximate surface area is 178 Å². The van der Waals surface area contributed by atoms with Crippen LogP contribution in [0.25, 0.3) is 0 Å². The van der Waals surface area contributed by atoms with Gasteiger partial charge in [0.15, 0.2) is 5.25 Å². The van der Waals surface area contributed by atoms with Gasteiger partial charge in [-0.05, 0) is 42.7 Å². The first-order chi connectivity index (χ1) is 14.5. The summed E-state index contributed by atoms with van der Waals surface area (Å²) in [5.41, 5.74) is 1.52. The smallest absolute Gasteiger partial charge is 0.247 e. The van der Waals surface area contributed by atoms with Gasteiger partial charge in [0.25, 0.3) is 0 Å². The maximum Gasteiger partial charge on any atom is 0.247 e. The van der Waals surface area contributed by atoms with Crippen molar-refractivity contribution >= 4 is 35.2 Å². The predicted molar refractivity (Wildman–Crippen MR) is 112 cm³/mol. The van der Waals surface area contributed by atoms with Crippen LogP contribution in [0.2, 0.25) is 0 Å². The van der Waals surface area contributed by atoms with Crippen molar-refractivity contribution in [3.63, 3.8) is 0 Å². The van der Waals surface area contributed by atoms with E-state index in [1.165, 1.54) is 23.9 Å². The maximum atomic E-state index is 13.0. The first kappa shape index (κ1) is 20.4.